The van der Waals surface area contributed by atoms with Crippen LogP contribution in [0.3, 0.4) is 0 Å². The van der Waals surface area contributed by atoms with Gasteiger partial charge in [-0.25, -0.2) is 8.42 Å². The van der Waals surface area contributed by atoms with E-state index in [0.717, 1.165) is 29.8 Å². The Hall–Kier alpha value is -1.97. The van der Waals surface area contributed by atoms with Crippen LogP contribution in [-0.4, -0.2) is 45.4 Å². The number of halogens is 4. The van der Waals surface area contributed by atoms with Crippen LogP contribution in [0.2, 0.25) is 5.02 Å². The number of benzene rings is 2. The first-order valence-corrected chi connectivity index (χ1v) is 10.9. The maximum absolute atomic E-state index is 13.0. The first kappa shape index (κ1) is 20.3. The van der Waals surface area contributed by atoms with E-state index in [1.54, 1.807) is 23.1 Å². The number of rotatable bonds is 3. The van der Waals surface area contributed by atoms with Crippen LogP contribution in [0.1, 0.15) is 11.1 Å². The van der Waals surface area contributed by atoms with Crippen LogP contribution < -0.4 is 4.90 Å². The molecule has 5 nitrogen and oxygen atoms in total. The lowest BCUT2D eigenvalue weighted by Crippen LogP contribution is -2.48. The standard InChI is InChI=1S/C19H18ClF3N3O2S/c20-15-10-14(19(21,22)23)11-16(12-15)25-5-7-26(8-6-25)29(27,28)17-1-2-18-13(9-17)3-4-24-18/h1-2,9-12H,3-8H2/q-1. The Balaban J connectivity index is 1.50. The Morgan fingerprint density at radius 2 is 1.72 bits per heavy atom. The normalized spacial score (nSPS) is 17.9. The number of fused-ring (bicyclic) bond motifs is 1. The lowest BCUT2D eigenvalue weighted by atomic mass is 10.1. The van der Waals surface area contributed by atoms with Gasteiger partial charge in [0, 0.05) is 36.9 Å². The fraction of sp³-hybridized carbons (Fsp3) is 0.368. The quantitative estimate of drug-likeness (QED) is 0.703. The zero-order valence-corrected chi connectivity index (χ0v) is 16.9. The molecule has 0 saturated carbocycles. The number of piperazine rings is 1. The van der Waals surface area contributed by atoms with Crippen LogP contribution in [0.4, 0.5) is 24.5 Å². The Labute approximate surface area is 172 Å². The molecule has 2 heterocycles. The monoisotopic (exact) mass is 444 g/mol. The summed E-state index contributed by atoms with van der Waals surface area (Å²) in [7, 11) is -3.67. The minimum Gasteiger partial charge on any atom is -0.684 e. The second kappa shape index (κ2) is 7.37. The summed E-state index contributed by atoms with van der Waals surface area (Å²) in [5, 5.41) is 4.30. The van der Waals surface area contributed by atoms with E-state index in [9.17, 15) is 21.6 Å². The first-order chi connectivity index (χ1) is 13.6. The molecule has 0 N–H and O–H groups in total. The molecule has 0 atom stereocenters. The van der Waals surface area contributed by atoms with Crippen LogP contribution in [-0.2, 0) is 22.6 Å². The van der Waals surface area contributed by atoms with Crippen molar-refractivity contribution >= 4 is 33.0 Å². The maximum atomic E-state index is 13.0. The van der Waals surface area contributed by atoms with Gasteiger partial charge in [-0.15, -0.1) is 12.2 Å². The largest absolute Gasteiger partial charge is 0.684 e. The van der Waals surface area contributed by atoms with Crippen molar-refractivity contribution < 1.29 is 21.6 Å². The van der Waals surface area contributed by atoms with Crippen LogP contribution in [0.15, 0.2) is 41.3 Å². The smallest absolute Gasteiger partial charge is 0.416 e. The predicted molar refractivity (Wildman–Crippen MR) is 105 cm³/mol. The molecule has 156 valence electrons. The van der Waals surface area contributed by atoms with Crippen molar-refractivity contribution in [1.29, 1.82) is 0 Å². The molecular formula is C19H18ClF3N3O2S-. The van der Waals surface area contributed by atoms with E-state index in [0.29, 0.717) is 12.2 Å². The molecule has 0 bridgehead atoms. The van der Waals surface area contributed by atoms with E-state index in [2.05, 4.69) is 5.32 Å². The van der Waals surface area contributed by atoms with Crippen molar-refractivity contribution in [3.05, 3.63) is 57.9 Å². The molecule has 0 aromatic heterocycles. The van der Waals surface area contributed by atoms with Crippen LogP contribution >= 0.6 is 11.6 Å². The first-order valence-electron chi connectivity index (χ1n) is 9.08. The molecule has 1 fully saturated rings. The van der Waals surface area contributed by atoms with Crippen molar-refractivity contribution in [3.8, 4) is 0 Å². The Morgan fingerprint density at radius 1 is 1.00 bits per heavy atom. The topological polar surface area (TPSA) is 54.7 Å². The summed E-state index contributed by atoms with van der Waals surface area (Å²) in [6, 6.07) is 8.33. The molecule has 1 saturated heterocycles. The van der Waals surface area contributed by atoms with Gasteiger partial charge in [-0.1, -0.05) is 23.2 Å². The van der Waals surface area contributed by atoms with Gasteiger partial charge in [0.15, 0.2) is 0 Å². The Kier molecular flexibility index (Phi) is 5.16. The molecular weight excluding hydrogens is 427 g/mol. The van der Waals surface area contributed by atoms with Gasteiger partial charge < -0.3 is 10.2 Å². The van der Waals surface area contributed by atoms with Crippen molar-refractivity contribution in [2.24, 2.45) is 0 Å². The fourth-order valence-corrected chi connectivity index (χ4v) is 5.33. The molecule has 0 aliphatic carbocycles. The molecule has 2 aliphatic rings. The third-order valence-electron chi connectivity index (χ3n) is 5.17. The minimum atomic E-state index is -4.50. The van der Waals surface area contributed by atoms with Gasteiger partial charge in [0.05, 0.1) is 10.5 Å². The van der Waals surface area contributed by atoms with Gasteiger partial charge in [-0.2, -0.15) is 17.5 Å². The van der Waals surface area contributed by atoms with Gasteiger partial charge in [0.1, 0.15) is 0 Å². The molecule has 0 amide bonds. The summed E-state index contributed by atoms with van der Waals surface area (Å²) in [6.45, 7) is 1.57. The van der Waals surface area contributed by atoms with Crippen LogP contribution in [0, 0.1) is 0 Å². The molecule has 0 radical (unpaired) electrons. The third kappa shape index (κ3) is 4.04. The van der Waals surface area contributed by atoms with Crippen LogP contribution in [0.5, 0.6) is 0 Å². The van der Waals surface area contributed by atoms with Gasteiger partial charge in [-0.05, 0) is 36.8 Å². The fourth-order valence-electron chi connectivity index (χ4n) is 3.63. The van der Waals surface area contributed by atoms with Gasteiger partial charge in [-0.3, -0.25) is 0 Å². The number of hydrogen-bond donors (Lipinski definition) is 0. The number of anilines is 1. The highest BCUT2D eigenvalue weighted by atomic mass is 35.5. The SMILES string of the molecule is O=S(=O)(c1ccc2c(c1)CC[N-]2)N1CCN(c2cc(Cl)cc(C(F)(F)F)c2)CC1. The zero-order valence-electron chi connectivity index (χ0n) is 15.3. The molecule has 2 aromatic carbocycles. The van der Waals surface area contributed by atoms with Crippen molar-refractivity contribution in [1.82, 2.24) is 4.31 Å². The van der Waals surface area contributed by atoms with Gasteiger partial charge in [0.25, 0.3) is 0 Å². The zero-order chi connectivity index (χ0) is 20.8. The van der Waals surface area contributed by atoms with Crippen LogP contribution in [0.25, 0.3) is 5.32 Å². The average Bonchev–Trinajstić information content (AvgIpc) is 3.15. The third-order valence-corrected chi connectivity index (χ3v) is 7.28. The van der Waals surface area contributed by atoms with E-state index in [1.165, 1.54) is 10.4 Å². The minimum absolute atomic E-state index is 0.00608. The van der Waals surface area contributed by atoms with E-state index in [-0.39, 0.29) is 36.1 Å². The number of alkyl halides is 3. The highest BCUT2D eigenvalue weighted by Gasteiger charge is 2.33. The molecule has 2 aromatic rings. The summed E-state index contributed by atoms with van der Waals surface area (Å²) >= 11 is 5.86. The number of nitrogens with zero attached hydrogens (tertiary/aromatic N) is 3. The molecule has 29 heavy (non-hydrogen) atoms. The van der Waals surface area contributed by atoms with E-state index < -0.39 is 21.8 Å². The Bertz CT molecular complexity index is 1040. The van der Waals surface area contributed by atoms with Gasteiger partial charge in [0.2, 0.25) is 10.0 Å². The molecule has 0 unspecified atom stereocenters. The molecule has 2 aliphatic heterocycles. The average molecular weight is 445 g/mol. The van der Waals surface area contributed by atoms with Crippen molar-refractivity contribution in [2.45, 2.75) is 17.5 Å². The highest BCUT2D eigenvalue weighted by molar-refractivity contribution is 7.89. The number of hydrogen-bond acceptors (Lipinski definition) is 3. The lowest BCUT2D eigenvalue weighted by molar-refractivity contribution is -0.137. The lowest BCUT2D eigenvalue weighted by Gasteiger charge is -2.35. The summed E-state index contributed by atoms with van der Waals surface area (Å²) in [4.78, 5) is 1.94. The van der Waals surface area contributed by atoms with Crippen molar-refractivity contribution in [2.75, 3.05) is 37.6 Å². The summed E-state index contributed by atoms with van der Waals surface area (Å²) < 4.78 is 66.5. The molecule has 4 rings (SSSR count). The van der Waals surface area contributed by atoms with E-state index in [1.807, 2.05) is 0 Å². The van der Waals surface area contributed by atoms with Crippen molar-refractivity contribution in [3.63, 3.8) is 0 Å². The summed E-state index contributed by atoms with van der Waals surface area (Å²) in [6.07, 6.45) is -3.77. The number of sulfonamides is 1. The second-order valence-corrected chi connectivity index (χ2v) is 9.38. The maximum Gasteiger partial charge on any atom is 0.416 e. The molecule has 0 spiro atoms. The molecule has 10 heteroatoms. The Morgan fingerprint density at radius 3 is 2.41 bits per heavy atom. The predicted octanol–water partition coefficient (Wildman–Crippen LogP) is 4.43. The summed E-state index contributed by atoms with van der Waals surface area (Å²) in [5.74, 6) is 0. The highest BCUT2D eigenvalue weighted by Crippen LogP contribution is 2.36. The van der Waals surface area contributed by atoms with Gasteiger partial charge >= 0.3 is 6.18 Å². The second-order valence-electron chi connectivity index (χ2n) is 7.01. The summed E-state index contributed by atoms with van der Waals surface area (Å²) in [5.41, 5.74) is 1.26. The van der Waals surface area contributed by atoms with E-state index in [4.69, 9.17) is 11.6 Å². The van der Waals surface area contributed by atoms with E-state index >= 15 is 0 Å².